The minimum Gasteiger partial charge on any atom is -0.462 e. The van der Waals surface area contributed by atoms with Crippen molar-refractivity contribution in [3.05, 3.63) is 0 Å². The number of phosphoric ester groups is 2. The molecule has 0 heterocycles. The highest BCUT2D eigenvalue weighted by molar-refractivity contribution is 7.47. The molecule has 0 aromatic rings. The molecule has 0 saturated heterocycles. The maximum Gasteiger partial charge on any atom is 0.472 e. The first kappa shape index (κ1) is 89.1. The molecule has 91 heavy (non-hydrogen) atoms. The van der Waals surface area contributed by atoms with E-state index in [4.69, 9.17) is 37.0 Å². The average molecular weight is 1340 g/mol. The van der Waals surface area contributed by atoms with Crippen LogP contribution in [0.4, 0.5) is 0 Å². The van der Waals surface area contributed by atoms with Crippen LogP contribution in [0.1, 0.15) is 357 Å². The molecule has 0 bridgehead atoms. The Morgan fingerprint density at radius 1 is 0.308 bits per heavy atom. The molecular formula is C72H140O17P2. The standard InChI is InChI=1S/C72H140O17P2/c1-9-65(8)51-43-35-26-21-23-29-39-47-55-72(77)89-68(59-83-70(75)53-45-37-31-30-34-42-50-64(6)7)61-87-91(80,81)85-57-66(73)56-84-90(78,79)86-60-67(88-71(76)54-46-38-28-22-20-25-33-41-49-63(4)5)58-82-69(74)52-44-36-27-19-17-15-13-11-10-12-14-16-18-24-32-40-48-62(2)3/h62-68,73H,9-61H2,1-8H3,(H,78,79)(H,80,81)/t65?,66-,67-,68-/m1/s1. The number of carbonyl (C=O) groups excluding carboxylic acids is 4. The fourth-order valence-electron chi connectivity index (χ4n) is 10.8. The second kappa shape index (κ2) is 61.6. The summed E-state index contributed by atoms with van der Waals surface area (Å²) in [5, 5.41) is 10.6. The maximum atomic E-state index is 13.0. The lowest BCUT2D eigenvalue weighted by Crippen LogP contribution is -2.30. The number of aliphatic hydroxyl groups excluding tert-OH is 1. The Morgan fingerprint density at radius 2 is 0.527 bits per heavy atom. The fraction of sp³-hybridized carbons (Fsp3) is 0.944. The highest BCUT2D eigenvalue weighted by atomic mass is 31.2. The van der Waals surface area contributed by atoms with Crippen molar-refractivity contribution in [2.75, 3.05) is 39.6 Å². The van der Waals surface area contributed by atoms with Gasteiger partial charge in [0, 0.05) is 25.7 Å². The van der Waals surface area contributed by atoms with Crippen molar-refractivity contribution in [3.8, 4) is 0 Å². The SMILES string of the molecule is CCC(C)CCCCCCCCCCC(=O)O[C@H](COC(=O)CCCCCCCCC(C)C)COP(=O)(O)OC[C@H](O)COP(=O)(O)OC[C@@H](COC(=O)CCCCCCCCCCCCCCCCCCC(C)C)OC(=O)CCCCCCCCCCC(C)C. The third-order valence-electron chi connectivity index (χ3n) is 16.9. The summed E-state index contributed by atoms with van der Waals surface area (Å²) < 4.78 is 68.3. The lowest BCUT2D eigenvalue weighted by Gasteiger charge is -2.21. The highest BCUT2D eigenvalue weighted by Gasteiger charge is 2.30. The van der Waals surface area contributed by atoms with Gasteiger partial charge in [-0.3, -0.25) is 37.3 Å². The monoisotopic (exact) mass is 1340 g/mol. The van der Waals surface area contributed by atoms with E-state index in [0.29, 0.717) is 31.6 Å². The van der Waals surface area contributed by atoms with Crippen molar-refractivity contribution in [3.63, 3.8) is 0 Å². The molecule has 540 valence electrons. The summed E-state index contributed by atoms with van der Waals surface area (Å²) in [7, 11) is -9.90. The van der Waals surface area contributed by atoms with E-state index in [0.717, 1.165) is 114 Å². The molecule has 0 aliphatic rings. The van der Waals surface area contributed by atoms with Gasteiger partial charge in [-0.1, -0.05) is 306 Å². The van der Waals surface area contributed by atoms with E-state index in [9.17, 15) is 43.2 Å². The summed E-state index contributed by atoms with van der Waals surface area (Å²) in [4.78, 5) is 72.5. The molecule has 19 heteroatoms. The number of hydrogen-bond donors (Lipinski definition) is 3. The van der Waals surface area contributed by atoms with Crippen LogP contribution in [-0.4, -0.2) is 96.7 Å². The van der Waals surface area contributed by atoms with E-state index in [-0.39, 0.29) is 25.7 Å². The van der Waals surface area contributed by atoms with Crippen molar-refractivity contribution >= 4 is 39.5 Å². The quantitative estimate of drug-likeness (QED) is 0.0222. The smallest absolute Gasteiger partial charge is 0.462 e. The molecule has 0 aromatic carbocycles. The first-order valence-corrected chi connectivity index (χ1v) is 40.2. The molecule has 0 aromatic heterocycles. The van der Waals surface area contributed by atoms with Gasteiger partial charge in [-0.2, -0.15) is 0 Å². The van der Waals surface area contributed by atoms with Crippen LogP contribution in [0.5, 0.6) is 0 Å². The van der Waals surface area contributed by atoms with E-state index in [1.54, 1.807) is 0 Å². The van der Waals surface area contributed by atoms with Gasteiger partial charge in [0.15, 0.2) is 12.2 Å². The van der Waals surface area contributed by atoms with E-state index in [2.05, 4.69) is 55.4 Å². The molecule has 3 N–H and O–H groups in total. The molecule has 0 rings (SSSR count). The maximum absolute atomic E-state index is 13.0. The Kier molecular flexibility index (Phi) is 60.3. The number of rotatable bonds is 69. The summed E-state index contributed by atoms with van der Waals surface area (Å²) >= 11 is 0. The van der Waals surface area contributed by atoms with Crippen LogP contribution in [0.3, 0.4) is 0 Å². The Bertz CT molecular complexity index is 1800. The second-order valence-corrected chi connectivity index (χ2v) is 30.6. The van der Waals surface area contributed by atoms with E-state index in [1.807, 2.05) is 0 Å². The van der Waals surface area contributed by atoms with Gasteiger partial charge in [0.2, 0.25) is 0 Å². The minimum absolute atomic E-state index is 0.103. The first-order chi connectivity index (χ1) is 43.6. The van der Waals surface area contributed by atoms with Gasteiger partial charge >= 0.3 is 39.5 Å². The summed E-state index contributed by atoms with van der Waals surface area (Å²) in [6.07, 6.45) is 44.7. The average Bonchev–Trinajstić information content (AvgIpc) is 3.47. The van der Waals surface area contributed by atoms with Crippen molar-refractivity contribution < 1.29 is 80.2 Å². The third kappa shape index (κ3) is 65.1. The van der Waals surface area contributed by atoms with Gasteiger partial charge in [0.05, 0.1) is 26.4 Å². The Morgan fingerprint density at radius 3 is 0.780 bits per heavy atom. The molecule has 17 nitrogen and oxygen atoms in total. The number of unbranched alkanes of at least 4 members (excludes halogenated alkanes) is 34. The predicted octanol–water partition coefficient (Wildman–Crippen LogP) is 20.5. The number of carbonyl (C=O) groups is 4. The van der Waals surface area contributed by atoms with Crippen LogP contribution in [-0.2, 0) is 65.4 Å². The third-order valence-corrected chi connectivity index (χ3v) is 18.8. The molecular weight excluding hydrogens is 1200 g/mol. The Labute approximate surface area is 556 Å². The number of aliphatic hydroxyl groups is 1. The summed E-state index contributed by atoms with van der Waals surface area (Å²) in [5.41, 5.74) is 0. The number of esters is 4. The zero-order chi connectivity index (χ0) is 67.5. The van der Waals surface area contributed by atoms with Crippen LogP contribution in [0, 0.1) is 23.7 Å². The van der Waals surface area contributed by atoms with Crippen LogP contribution in [0.25, 0.3) is 0 Å². The second-order valence-electron chi connectivity index (χ2n) is 27.6. The first-order valence-electron chi connectivity index (χ1n) is 37.2. The summed E-state index contributed by atoms with van der Waals surface area (Å²) in [6.45, 7) is 14.1. The van der Waals surface area contributed by atoms with Crippen molar-refractivity contribution in [1.29, 1.82) is 0 Å². The molecule has 0 aliphatic carbocycles. The Balaban J connectivity index is 5.18. The van der Waals surface area contributed by atoms with Crippen molar-refractivity contribution in [1.82, 2.24) is 0 Å². The lowest BCUT2D eigenvalue weighted by atomic mass is 9.99. The summed E-state index contributed by atoms with van der Waals surface area (Å²) in [5.74, 6) is 0.848. The van der Waals surface area contributed by atoms with E-state index >= 15 is 0 Å². The molecule has 0 saturated carbocycles. The van der Waals surface area contributed by atoms with E-state index in [1.165, 1.54) is 154 Å². The highest BCUT2D eigenvalue weighted by Crippen LogP contribution is 2.45. The molecule has 6 atom stereocenters. The number of hydrogen-bond acceptors (Lipinski definition) is 15. The van der Waals surface area contributed by atoms with Crippen LogP contribution >= 0.6 is 15.6 Å². The molecule has 0 radical (unpaired) electrons. The zero-order valence-corrected chi connectivity index (χ0v) is 61.3. The minimum atomic E-state index is -4.95. The number of phosphoric acid groups is 2. The molecule has 0 spiro atoms. The molecule has 0 aliphatic heterocycles. The summed E-state index contributed by atoms with van der Waals surface area (Å²) in [6, 6.07) is 0. The van der Waals surface area contributed by atoms with Crippen LogP contribution < -0.4 is 0 Å². The topological polar surface area (TPSA) is 237 Å². The zero-order valence-electron chi connectivity index (χ0n) is 59.5. The van der Waals surface area contributed by atoms with Gasteiger partial charge in [0.25, 0.3) is 0 Å². The van der Waals surface area contributed by atoms with Gasteiger partial charge in [-0.15, -0.1) is 0 Å². The van der Waals surface area contributed by atoms with Gasteiger partial charge in [-0.05, 0) is 49.4 Å². The van der Waals surface area contributed by atoms with Crippen LogP contribution in [0.2, 0.25) is 0 Å². The normalized spacial score (nSPS) is 14.5. The van der Waals surface area contributed by atoms with Gasteiger partial charge < -0.3 is 33.8 Å². The largest absolute Gasteiger partial charge is 0.472 e. The van der Waals surface area contributed by atoms with Crippen molar-refractivity contribution in [2.45, 2.75) is 375 Å². The van der Waals surface area contributed by atoms with Gasteiger partial charge in [0.1, 0.15) is 19.3 Å². The van der Waals surface area contributed by atoms with Gasteiger partial charge in [-0.25, -0.2) is 9.13 Å². The molecule has 0 amide bonds. The lowest BCUT2D eigenvalue weighted by molar-refractivity contribution is -0.161. The fourth-order valence-corrected chi connectivity index (χ4v) is 12.4. The molecule has 3 unspecified atom stereocenters. The predicted molar refractivity (Wildman–Crippen MR) is 367 cm³/mol. The molecule has 0 fully saturated rings. The van der Waals surface area contributed by atoms with E-state index < -0.39 is 97.5 Å². The van der Waals surface area contributed by atoms with Crippen molar-refractivity contribution in [2.24, 2.45) is 23.7 Å². The van der Waals surface area contributed by atoms with Crippen LogP contribution in [0.15, 0.2) is 0 Å². The Hall–Kier alpha value is -1.94. The number of ether oxygens (including phenoxy) is 4.